The van der Waals surface area contributed by atoms with Crippen LogP contribution in [-0.2, 0) is 9.53 Å². The Balaban J connectivity index is 2.71. The highest BCUT2D eigenvalue weighted by atomic mass is 16.5. The molecular formula is C11H20O2. The molecule has 1 saturated carbocycles. The zero-order valence-electron chi connectivity index (χ0n) is 8.93. The number of Topliss-reactive ketones (excluding diaryl/α,β-unsaturated/α-hetero) is 1. The molecule has 2 nitrogen and oxygen atoms in total. The summed E-state index contributed by atoms with van der Waals surface area (Å²) in [5.41, 5.74) is -0.414. The average molecular weight is 184 g/mol. The van der Waals surface area contributed by atoms with E-state index < -0.39 is 5.60 Å². The largest absolute Gasteiger partial charge is 0.367 e. The van der Waals surface area contributed by atoms with Crippen LogP contribution < -0.4 is 0 Å². The fraction of sp³-hybridized carbons (Fsp3) is 0.909. The summed E-state index contributed by atoms with van der Waals surface area (Å²) in [6.07, 6.45) is 4.13. The van der Waals surface area contributed by atoms with Gasteiger partial charge in [0.1, 0.15) is 5.60 Å². The van der Waals surface area contributed by atoms with Crippen molar-refractivity contribution in [1.82, 2.24) is 0 Å². The van der Waals surface area contributed by atoms with E-state index in [2.05, 4.69) is 0 Å². The average Bonchev–Trinajstić information content (AvgIpc) is 2.53. The Morgan fingerprint density at radius 2 is 1.92 bits per heavy atom. The minimum Gasteiger partial charge on any atom is -0.367 e. The van der Waals surface area contributed by atoms with Gasteiger partial charge in [-0.1, -0.05) is 13.8 Å². The molecule has 0 N–H and O–H groups in total. The summed E-state index contributed by atoms with van der Waals surface area (Å²) in [7, 11) is 0. The summed E-state index contributed by atoms with van der Waals surface area (Å²) in [5.74, 6) is 0.400. The first-order valence-corrected chi connectivity index (χ1v) is 5.30. The van der Waals surface area contributed by atoms with E-state index in [1.54, 1.807) is 0 Å². The predicted octanol–water partition coefficient (Wildman–Crippen LogP) is 2.56. The van der Waals surface area contributed by atoms with E-state index in [-0.39, 0.29) is 5.92 Å². The summed E-state index contributed by atoms with van der Waals surface area (Å²) >= 11 is 0. The van der Waals surface area contributed by atoms with Gasteiger partial charge in [-0.2, -0.15) is 0 Å². The number of carbonyl (C=O) groups excluding carboxylic acids is 1. The number of hydrogen-bond donors (Lipinski definition) is 0. The van der Waals surface area contributed by atoms with Crippen LogP contribution in [0.5, 0.6) is 0 Å². The topological polar surface area (TPSA) is 26.3 Å². The smallest absolute Gasteiger partial charge is 0.167 e. The second kappa shape index (κ2) is 4.23. The molecule has 0 heterocycles. The third-order valence-electron chi connectivity index (χ3n) is 2.81. The lowest BCUT2D eigenvalue weighted by atomic mass is 9.89. The van der Waals surface area contributed by atoms with Crippen molar-refractivity contribution < 1.29 is 9.53 Å². The van der Waals surface area contributed by atoms with E-state index in [0.29, 0.717) is 12.4 Å². The van der Waals surface area contributed by atoms with Gasteiger partial charge in [0.05, 0.1) is 0 Å². The molecule has 1 aliphatic carbocycles. The number of ketones is 1. The molecule has 13 heavy (non-hydrogen) atoms. The maximum absolute atomic E-state index is 11.9. The fourth-order valence-corrected chi connectivity index (χ4v) is 2.21. The lowest BCUT2D eigenvalue weighted by Gasteiger charge is -2.28. The number of carbonyl (C=O) groups is 1. The van der Waals surface area contributed by atoms with Gasteiger partial charge >= 0.3 is 0 Å². The number of hydrogen-bond acceptors (Lipinski definition) is 2. The molecule has 0 bridgehead atoms. The van der Waals surface area contributed by atoms with Crippen molar-refractivity contribution >= 4 is 5.78 Å². The minimum absolute atomic E-state index is 0.102. The highest BCUT2D eigenvalue weighted by molar-refractivity contribution is 5.89. The van der Waals surface area contributed by atoms with Crippen molar-refractivity contribution in [2.24, 2.45) is 5.92 Å². The van der Waals surface area contributed by atoms with Crippen molar-refractivity contribution in [3.8, 4) is 0 Å². The van der Waals surface area contributed by atoms with Gasteiger partial charge in [-0.15, -0.1) is 0 Å². The predicted molar refractivity (Wildman–Crippen MR) is 52.7 cm³/mol. The second-order valence-corrected chi connectivity index (χ2v) is 4.15. The molecule has 1 fully saturated rings. The fourth-order valence-electron chi connectivity index (χ4n) is 2.21. The first-order chi connectivity index (χ1) is 6.12. The summed E-state index contributed by atoms with van der Waals surface area (Å²) in [5, 5.41) is 0. The molecule has 0 aromatic heterocycles. The maximum Gasteiger partial charge on any atom is 0.167 e. The van der Waals surface area contributed by atoms with Crippen LogP contribution in [-0.4, -0.2) is 18.0 Å². The highest BCUT2D eigenvalue weighted by Crippen LogP contribution is 2.35. The maximum atomic E-state index is 11.9. The third-order valence-corrected chi connectivity index (χ3v) is 2.81. The highest BCUT2D eigenvalue weighted by Gasteiger charge is 2.42. The zero-order chi connectivity index (χ0) is 9.90. The molecule has 1 aliphatic rings. The van der Waals surface area contributed by atoms with Gasteiger partial charge in [0.15, 0.2) is 5.78 Å². The van der Waals surface area contributed by atoms with Crippen LogP contribution in [0.2, 0.25) is 0 Å². The van der Waals surface area contributed by atoms with Crippen LogP contribution in [0.3, 0.4) is 0 Å². The molecule has 0 aromatic carbocycles. The number of rotatable bonds is 4. The Morgan fingerprint density at radius 1 is 1.38 bits per heavy atom. The van der Waals surface area contributed by atoms with Crippen molar-refractivity contribution in [3.05, 3.63) is 0 Å². The Kier molecular flexibility index (Phi) is 3.48. The van der Waals surface area contributed by atoms with Crippen molar-refractivity contribution in [1.29, 1.82) is 0 Å². The number of ether oxygens (including phenoxy) is 1. The Labute approximate surface area is 80.7 Å². The van der Waals surface area contributed by atoms with Crippen molar-refractivity contribution in [2.45, 2.75) is 52.1 Å². The van der Waals surface area contributed by atoms with Crippen LogP contribution in [0.1, 0.15) is 46.5 Å². The zero-order valence-corrected chi connectivity index (χ0v) is 8.93. The second-order valence-electron chi connectivity index (χ2n) is 4.15. The molecule has 76 valence electrons. The van der Waals surface area contributed by atoms with E-state index in [9.17, 15) is 4.79 Å². The van der Waals surface area contributed by atoms with Crippen molar-refractivity contribution in [2.75, 3.05) is 6.61 Å². The Hall–Kier alpha value is -0.370. The SMILES string of the molecule is CCOC1(C(=O)C(C)C)CCCC1. The summed E-state index contributed by atoms with van der Waals surface area (Å²) in [6.45, 7) is 6.54. The minimum atomic E-state index is -0.414. The van der Waals surface area contributed by atoms with Crippen LogP contribution in [0.15, 0.2) is 0 Å². The van der Waals surface area contributed by atoms with Gasteiger partial charge in [-0.3, -0.25) is 4.79 Å². The Bertz CT molecular complexity index is 179. The van der Waals surface area contributed by atoms with Crippen molar-refractivity contribution in [3.63, 3.8) is 0 Å². The molecular weight excluding hydrogens is 164 g/mol. The van der Waals surface area contributed by atoms with Gasteiger partial charge < -0.3 is 4.74 Å². The van der Waals surface area contributed by atoms with Gasteiger partial charge in [0.2, 0.25) is 0 Å². The molecule has 0 amide bonds. The van der Waals surface area contributed by atoms with E-state index in [1.165, 1.54) is 0 Å². The van der Waals surface area contributed by atoms with Gasteiger partial charge in [0.25, 0.3) is 0 Å². The molecule has 0 unspecified atom stereocenters. The lowest BCUT2D eigenvalue weighted by Crippen LogP contribution is -2.41. The first kappa shape index (κ1) is 10.7. The molecule has 0 radical (unpaired) electrons. The van der Waals surface area contributed by atoms with Gasteiger partial charge in [0, 0.05) is 12.5 Å². The first-order valence-electron chi connectivity index (χ1n) is 5.30. The molecule has 2 heteroatoms. The van der Waals surface area contributed by atoms with E-state index >= 15 is 0 Å². The summed E-state index contributed by atoms with van der Waals surface area (Å²) < 4.78 is 5.66. The molecule has 1 rings (SSSR count). The van der Waals surface area contributed by atoms with Crippen LogP contribution in [0.4, 0.5) is 0 Å². The Morgan fingerprint density at radius 3 is 2.31 bits per heavy atom. The molecule has 0 spiro atoms. The standard InChI is InChI=1S/C11H20O2/c1-4-13-11(7-5-6-8-11)10(12)9(2)3/h9H,4-8H2,1-3H3. The lowest BCUT2D eigenvalue weighted by molar-refractivity contribution is -0.146. The molecule has 0 saturated heterocycles. The van der Waals surface area contributed by atoms with E-state index in [0.717, 1.165) is 25.7 Å². The third kappa shape index (κ3) is 2.11. The van der Waals surface area contributed by atoms with Gasteiger partial charge in [-0.25, -0.2) is 0 Å². The van der Waals surface area contributed by atoms with Crippen LogP contribution in [0.25, 0.3) is 0 Å². The molecule has 0 aliphatic heterocycles. The molecule has 0 atom stereocenters. The van der Waals surface area contributed by atoms with E-state index in [4.69, 9.17) is 4.74 Å². The van der Waals surface area contributed by atoms with Gasteiger partial charge in [-0.05, 0) is 32.6 Å². The summed E-state index contributed by atoms with van der Waals surface area (Å²) in [4.78, 5) is 11.9. The van der Waals surface area contributed by atoms with Crippen LogP contribution in [0, 0.1) is 5.92 Å². The van der Waals surface area contributed by atoms with E-state index in [1.807, 2.05) is 20.8 Å². The normalized spacial score (nSPS) is 20.9. The molecule has 0 aromatic rings. The quantitative estimate of drug-likeness (QED) is 0.671. The summed E-state index contributed by atoms with van der Waals surface area (Å²) in [6, 6.07) is 0. The van der Waals surface area contributed by atoms with Crippen LogP contribution >= 0.6 is 0 Å². The monoisotopic (exact) mass is 184 g/mol.